The first-order valence-electron chi connectivity index (χ1n) is 12.5. The highest BCUT2D eigenvalue weighted by Gasteiger charge is 2.32. The number of rotatable bonds is 9. The van der Waals surface area contributed by atoms with Crippen molar-refractivity contribution in [2.24, 2.45) is 0 Å². The molecule has 1 atom stereocenters. The first-order valence-corrected chi connectivity index (χ1v) is 14.0. The van der Waals surface area contributed by atoms with Crippen LogP contribution < -0.4 is 10.1 Å². The van der Waals surface area contributed by atoms with Gasteiger partial charge < -0.3 is 15.0 Å². The smallest absolute Gasteiger partial charge is 0.261 e. The summed E-state index contributed by atoms with van der Waals surface area (Å²) in [6, 6.07) is 10.6. The lowest BCUT2D eigenvalue weighted by atomic mass is 9.87. The molecule has 0 heterocycles. The summed E-state index contributed by atoms with van der Waals surface area (Å²) in [5, 5.41) is 4.04. The van der Waals surface area contributed by atoms with Crippen LogP contribution in [0.4, 0.5) is 0 Å². The Morgan fingerprint density at radius 3 is 2.33 bits per heavy atom. The first kappa shape index (κ1) is 28.8. The molecule has 1 saturated carbocycles. The zero-order valence-corrected chi connectivity index (χ0v) is 24.5. The number of halogens is 3. The fraction of sp³-hybridized carbons (Fsp3) is 0.500. The molecule has 0 radical (unpaired) electrons. The summed E-state index contributed by atoms with van der Waals surface area (Å²) in [5.41, 5.74) is 1.75. The number of benzene rings is 2. The van der Waals surface area contributed by atoms with Gasteiger partial charge in [-0.25, -0.2) is 0 Å². The van der Waals surface area contributed by atoms with Crippen LogP contribution in [-0.4, -0.2) is 35.4 Å². The van der Waals surface area contributed by atoms with Crippen LogP contribution in [0.5, 0.6) is 5.75 Å². The second-order valence-electron chi connectivity index (χ2n) is 10.3. The van der Waals surface area contributed by atoms with Crippen LogP contribution in [0.25, 0.3) is 0 Å². The normalized spacial score (nSPS) is 15.0. The average Bonchev–Trinajstić information content (AvgIpc) is 3.32. The van der Waals surface area contributed by atoms with E-state index >= 15 is 0 Å². The van der Waals surface area contributed by atoms with Gasteiger partial charge in [-0.1, -0.05) is 75.9 Å². The van der Waals surface area contributed by atoms with Gasteiger partial charge in [0.1, 0.15) is 11.8 Å². The Morgan fingerprint density at radius 1 is 1.14 bits per heavy atom. The van der Waals surface area contributed by atoms with Crippen molar-refractivity contribution < 1.29 is 14.3 Å². The molecule has 2 aromatic carbocycles. The summed E-state index contributed by atoms with van der Waals surface area (Å²) in [6.07, 6.45) is 4.60. The Morgan fingerprint density at radius 2 is 1.78 bits per heavy atom. The molecule has 2 amide bonds. The van der Waals surface area contributed by atoms with Gasteiger partial charge in [0.2, 0.25) is 5.91 Å². The molecule has 5 nitrogen and oxygen atoms in total. The first-order chi connectivity index (χ1) is 17.0. The number of nitrogens with one attached hydrogen (secondary N) is 1. The summed E-state index contributed by atoms with van der Waals surface area (Å²) < 4.78 is 6.69. The molecule has 2 aromatic rings. The molecule has 1 N–H and O–H groups in total. The highest BCUT2D eigenvalue weighted by atomic mass is 79.9. The Kier molecular flexibility index (Phi) is 10.1. The molecular weight excluding hydrogens is 563 g/mol. The molecule has 0 bridgehead atoms. The number of amides is 2. The summed E-state index contributed by atoms with van der Waals surface area (Å²) in [7, 11) is 0. The number of ether oxygens (including phenoxy) is 1. The minimum Gasteiger partial charge on any atom is -0.483 e. The fourth-order valence-electron chi connectivity index (χ4n) is 4.45. The summed E-state index contributed by atoms with van der Waals surface area (Å²) in [5.74, 6) is 0.0957. The van der Waals surface area contributed by atoms with Crippen molar-refractivity contribution >= 4 is 50.9 Å². The Bertz CT molecular complexity index is 1060. The van der Waals surface area contributed by atoms with Gasteiger partial charge in [-0.15, -0.1) is 0 Å². The lowest BCUT2D eigenvalue weighted by Crippen LogP contribution is -2.52. The van der Waals surface area contributed by atoms with Gasteiger partial charge in [-0.2, -0.15) is 0 Å². The third-order valence-corrected chi connectivity index (χ3v) is 7.95. The summed E-state index contributed by atoms with van der Waals surface area (Å²) in [4.78, 5) is 28.4. The zero-order chi connectivity index (χ0) is 26.5. The third-order valence-electron chi connectivity index (χ3n) is 6.63. The maximum Gasteiger partial charge on any atom is 0.261 e. The average molecular weight is 598 g/mol. The molecule has 0 unspecified atom stereocenters. The molecule has 3 rings (SSSR count). The van der Waals surface area contributed by atoms with Crippen LogP contribution in [0.2, 0.25) is 10.0 Å². The predicted molar refractivity (Wildman–Crippen MR) is 150 cm³/mol. The van der Waals surface area contributed by atoms with Gasteiger partial charge in [-0.05, 0) is 70.4 Å². The van der Waals surface area contributed by atoms with Gasteiger partial charge in [0.15, 0.2) is 6.61 Å². The number of hydrogen-bond donors (Lipinski definition) is 1. The standard InChI is InChI=1S/C28H35BrCl2N2O3/c1-5-24(27(35)32-19-9-6-7-10-19)33(16-20-22(30)11-8-12-23(20)31)26(34)17-36-25-14-13-18(15-21(25)29)28(2,3)4/h8,11-15,19,24H,5-7,9-10,16-17H2,1-4H3,(H,32,35)/t24-/m1/s1. The molecule has 196 valence electrons. The van der Waals surface area contributed by atoms with E-state index in [4.69, 9.17) is 27.9 Å². The van der Waals surface area contributed by atoms with Crippen LogP contribution in [-0.2, 0) is 21.5 Å². The summed E-state index contributed by atoms with van der Waals surface area (Å²) in [6.45, 7) is 8.20. The van der Waals surface area contributed by atoms with Gasteiger partial charge in [0.25, 0.3) is 5.91 Å². The lowest BCUT2D eigenvalue weighted by Gasteiger charge is -2.32. The fourth-order valence-corrected chi connectivity index (χ4v) is 5.46. The quantitative estimate of drug-likeness (QED) is 0.330. The molecule has 1 aliphatic carbocycles. The van der Waals surface area contributed by atoms with Crippen molar-refractivity contribution in [2.45, 2.75) is 83.8 Å². The Hall–Kier alpha value is -1.76. The van der Waals surface area contributed by atoms with E-state index in [0.29, 0.717) is 27.8 Å². The number of carbonyl (C=O) groups is 2. The van der Waals surface area contributed by atoms with E-state index in [1.807, 2.05) is 25.1 Å². The largest absolute Gasteiger partial charge is 0.483 e. The zero-order valence-electron chi connectivity index (χ0n) is 21.4. The number of hydrogen-bond acceptors (Lipinski definition) is 3. The van der Waals surface area contributed by atoms with Crippen molar-refractivity contribution in [1.29, 1.82) is 0 Å². The molecule has 0 aliphatic heterocycles. The SMILES string of the molecule is CC[C@H](C(=O)NC1CCCC1)N(Cc1c(Cl)cccc1Cl)C(=O)COc1ccc(C(C)(C)C)cc1Br. The van der Waals surface area contributed by atoms with E-state index in [1.165, 1.54) is 4.90 Å². The van der Waals surface area contributed by atoms with E-state index in [1.54, 1.807) is 18.2 Å². The van der Waals surface area contributed by atoms with Crippen molar-refractivity contribution in [3.05, 3.63) is 62.0 Å². The van der Waals surface area contributed by atoms with Crippen LogP contribution in [0, 0.1) is 0 Å². The second kappa shape index (κ2) is 12.7. The molecule has 8 heteroatoms. The molecule has 0 spiro atoms. The van der Waals surface area contributed by atoms with Gasteiger partial charge in [-0.3, -0.25) is 9.59 Å². The van der Waals surface area contributed by atoms with Crippen molar-refractivity contribution in [1.82, 2.24) is 10.2 Å². The third kappa shape index (κ3) is 7.39. The Balaban J connectivity index is 1.82. The Labute approximate surface area is 233 Å². The molecule has 0 saturated heterocycles. The molecular formula is C28H35BrCl2N2O3. The number of nitrogens with zero attached hydrogens (tertiary/aromatic N) is 1. The highest BCUT2D eigenvalue weighted by Crippen LogP contribution is 2.32. The van der Waals surface area contributed by atoms with E-state index in [2.05, 4.69) is 42.0 Å². The van der Waals surface area contributed by atoms with E-state index in [-0.39, 0.29) is 36.4 Å². The van der Waals surface area contributed by atoms with Crippen LogP contribution in [0.15, 0.2) is 40.9 Å². The topological polar surface area (TPSA) is 58.6 Å². The molecule has 0 aromatic heterocycles. The van der Waals surface area contributed by atoms with Crippen LogP contribution in [0.1, 0.15) is 70.9 Å². The van der Waals surface area contributed by atoms with Crippen molar-refractivity contribution in [2.75, 3.05) is 6.61 Å². The van der Waals surface area contributed by atoms with E-state index in [0.717, 1.165) is 35.7 Å². The minimum absolute atomic E-state index is 0.0110. The van der Waals surface area contributed by atoms with Gasteiger partial charge in [0.05, 0.1) is 4.47 Å². The highest BCUT2D eigenvalue weighted by molar-refractivity contribution is 9.10. The summed E-state index contributed by atoms with van der Waals surface area (Å²) >= 11 is 16.4. The molecule has 36 heavy (non-hydrogen) atoms. The van der Waals surface area contributed by atoms with Gasteiger partial charge in [0, 0.05) is 28.2 Å². The van der Waals surface area contributed by atoms with Crippen LogP contribution >= 0.6 is 39.1 Å². The maximum absolute atomic E-state index is 13.5. The van der Waals surface area contributed by atoms with E-state index < -0.39 is 6.04 Å². The minimum atomic E-state index is -0.666. The van der Waals surface area contributed by atoms with Crippen LogP contribution in [0.3, 0.4) is 0 Å². The molecule has 1 aliphatic rings. The lowest BCUT2D eigenvalue weighted by molar-refractivity contribution is -0.143. The monoisotopic (exact) mass is 596 g/mol. The number of carbonyl (C=O) groups excluding carboxylic acids is 2. The van der Waals surface area contributed by atoms with Crippen molar-refractivity contribution in [3.8, 4) is 5.75 Å². The van der Waals surface area contributed by atoms with Crippen molar-refractivity contribution in [3.63, 3.8) is 0 Å². The van der Waals surface area contributed by atoms with Gasteiger partial charge >= 0.3 is 0 Å². The second-order valence-corrected chi connectivity index (χ2v) is 12.0. The predicted octanol–water partition coefficient (Wildman–Crippen LogP) is 7.30. The van der Waals surface area contributed by atoms with E-state index in [9.17, 15) is 9.59 Å². The molecule has 1 fully saturated rings. The maximum atomic E-state index is 13.5.